The van der Waals surface area contributed by atoms with Crippen LogP contribution >= 0.6 is 23.8 Å². The van der Waals surface area contributed by atoms with Crippen molar-refractivity contribution in [2.75, 3.05) is 17.7 Å². The van der Waals surface area contributed by atoms with Crippen molar-refractivity contribution in [3.05, 3.63) is 35.7 Å². The summed E-state index contributed by atoms with van der Waals surface area (Å²) in [6.45, 7) is 1.98. The number of benzene rings is 1. The highest BCUT2D eigenvalue weighted by Gasteiger charge is 2.13. The normalized spacial score (nSPS) is 9.90. The van der Waals surface area contributed by atoms with Crippen LogP contribution in [0, 0.1) is 6.92 Å². The van der Waals surface area contributed by atoms with Crippen LogP contribution in [0.4, 0.5) is 10.8 Å². The van der Waals surface area contributed by atoms with Crippen molar-refractivity contribution in [3.8, 4) is 0 Å². The van der Waals surface area contributed by atoms with E-state index >= 15 is 0 Å². The SMILES string of the molecule is COC(=O)c1nsc(NC(=S)Nc2ccccc2C)n1. The summed E-state index contributed by atoms with van der Waals surface area (Å²) in [5.74, 6) is -0.564. The van der Waals surface area contributed by atoms with Gasteiger partial charge in [0.25, 0.3) is 5.82 Å². The molecule has 0 atom stereocenters. The minimum Gasteiger partial charge on any atom is -0.463 e. The largest absolute Gasteiger partial charge is 0.463 e. The molecule has 0 aliphatic rings. The van der Waals surface area contributed by atoms with Crippen molar-refractivity contribution >= 4 is 45.7 Å². The van der Waals surface area contributed by atoms with Crippen molar-refractivity contribution < 1.29 is 9.53 Å². The number of hydrogen-bond acceptors (Lipinski definition) is 6. The first kappa shape index (κ1) is 14.4. The molecule has 0 radical (unpaired) electrons. The van der Waals surface area contributed by atoms with E-state index in [1.54, 1.807) is 0 Å². The third kappa shape index (κ3) is 3.49. The number of nitrogens with one attached hydrogen (secondary N) is 2. The number of thiocarbonyl (C=S) groups is 1. The number of aryl methyl sites for hydroxylation is 1. The van der Waals surface area contributed by atoms with Crippen LogP contribution in [0.25, 0.3) is 0 Å². The van der Waals surface area contributed by atoms with Gasteiger partial charge in [0.1, 0.15) is 0 Å². The number of ether oxygens (including phenoxy) is 1. The molecule has 0 aliphatic heterocycles. The van der Waals surface area contributed by atoms with Crippen LogP contribution in [-0.4, -0.2) is 27.5 Å². The van der Waals surface area contributed by atoms with E-state index in [0.29, 0.717) is 10.2 Å². The Labute approximate surface area is 125 Å². The first-order valence-electron chi connectivity index (χ1n) is 5.66. The summed E-state index contributed by atoms with van der Waals surface area (Å²) in [6, 6.07) is 7.76. The lowest BCUT2D eigenvalue weighted by molar-refractivity contribution is 0.0588. The zero-order valence-corrected chi connectivity index (χ0v) is 12.5. The number of nitrogens with zero attached hydrogens (tertiary/aromatic N) is 2. The van der Waals surface area contributed by atoms with Crippen molar-refractivity contribution in [2.45, 2.75) is 6.92 Å². The molecule has 0 unspecified atom stereocenters. The molecule has 2 N–H and O–H groups in total. The number of aromatic nitrogens is 2. The first-order valence-corrected chi connectivity index (χ1v) is 6.84. The predicted molar refractivity (Wildman–Crippen MR) is 82.3 cm³/mol. The molecule has 1 aromatic carbocycles. The van der Waals surface area contributed by atoms with E-state index in [1.165, 1.54) is 7.11 Å². The van der Waals surface area contributed by atoms with Gasteiger partial charge in [-0.15, -0.1) is 0 Å². The van der Waals surface area contributed by atoms with Crippen molar-refractivity contribution in [2.24, 2.45) is 0 Å². The van der Waals surface area contributed by atoms with Crippen molar-refractivity contribution in [1.82, 2.24) is 9.36 Å². The lowest BCUT2D eigenvalue weighted by Gasteiger charge is -2.10. The average Bonchev–Trinajstić information content (AvgIpc) is 2.89. The molecule has 1 aromatic heterocycles. The molecule has 0 amide bonds. The number of methoxy groups -OCH3 is 1. The Kier molecular flexibility index (Phi) is 4.59. The summed E-state index contributed by atoms with van der Waals surface area (Å²) in [5.41, 5.74) is 1.98. The van der Waals surface area contributed by atoms with E-state index in [-0.39, 0.29) is 5.82 Å². The average molecular weight is 308 g/mol. The molecule has 6 nitrogen and oxygen atoms in total. The van der Waals surface area contributed by atoms with E-state index in [9.17, 15) is 4.79 Å². The van der Waals surface area contributed by atoms with Gasteiger partial charge in [0, 0.05) is 17.2 Å². The Morgan fingerprint density at radius 1 is 1.35 bits per heavy atom. The van der Waals surface area contributed by atoms with Gasteiger partial charge in [-0.3, -0.25) is 0 Å². The molecule has 0 saturated heterocycles. The smallest absolute Gasteiger partial charge is 0.377 e. The van der Waals surface area contributed by atoms with E-state index < -0.39 is 5.97 Å². The Bertz CT molecular complexity index is 642. The maximum absolute atomic E-state index is 11.2. The van der Waals surface area contributed by atoms with E-state index in [0.717, 1.165) is 22.8 Å². The quantitative estimate of drug-likeness (QED) is 0.666. The predicted octanol–water partition coefficient (Wildman–Crippen LogP) is 2.44. The second-order valence-corrected chi connectivity index (χ2v) is 4.97. The molecule has 104 valence electrons. The molecule has 2 aromatic rings. The molecule has 0 aliphatic carbocycles. The van der Waals surface area contributed by atoms with Gasteiger partial charge in [-0.1, -0.05) is 18.2 Å². The van der Waals surface area contributed by atoms with Crippen LogP contribution in [0.5, 0.6) is 0 Å². The van der Waals surface area contributed by atoms with Crippen LogP contribution in [0.3, 0.4) is 0 Å². The van der Waals surface area contributed by atoms with Gasteiger partial charge in [0.05, 0.1) is 7.11 Å². The number of hydrogen-bond donors (Lipinski definition) is 2. The number of para-hydroxylation sites is 1. The van der Waals surface area contributed by atoms with E-state index in [4.69, 9.17) is 12.2 Å². The highest BCUT2D eigenvalue weighted by atomic mass is 32.1. The molecule has 0 fully saturated rings. The van der Waals surface area contributed by atoms with Gasteiger partial charge in [-0.2, -0.15) is 9.36 Å². The topological polar surface area (TPSA) is 76.1 Å². The molecule has 1 heterocycles. The fourth-order valence-electron chi connectivity index (χ4n) is 1.41. The maximum atomic E-state index is 11.2. The standard InChI is InChI=1S/C12H12N4O2S2/c1-7-5-3-4-6-8(7)13-11(19)15-12-14-9(16-20-12)10(17)18-2/h3-6H,1-2H3,(H2,13,14,15,16,19). The van der Waals surface area contributed by atoms with E-state index in [1.807, 2.05) is 31.2 Å². The number of rotatable bonds is 3. The van der Waals surface area contributed by atoms with Gasteiger partial charge >= 0.3 is 5.97 Å². The number of carbonyl (C=O) groups is 1. The lowest BCUT2D eigenvalue weighted by Crippen LogP contribution is -2.19. The summed E-state index contributed by atoms with van der Waals surface area (Å²) < 4.78 is 8.40. The number of carbonyl (C=O) groups excluding carboxylic acids is 1. The minimum absolute atomic E-state index is 0.0127. The van der Waals surface area contributed by atoms with Crippen LogP contribution in [-0.2, 0) is 4.74 Å². The molecule has 2 rings (SSSR count). The van der Waals surface area contributed by atoms with Crippen LogP contribution < -0.4 is 10.6 Å². The van der Waals surface area contributed by atoms with Crippen LogP contribution in [0.1, 0.15) is 16.2 Å². The summed E-state index contributed by atoms with van der Waals surface area (Å²) >= 11 is 6.22. The van der Waals surface area contributed by atoms with Gasteiger partial charge in [-0.25, -0.2) is 4.79 Å². The van der Waals surface area contributed by atoms with Gasteiger partial charge in [0.15, 0.2) is 5.11 Å². The zero-order valence-electron chi connectivity index (χ0n) is 10.8. The second-order valence-electron chi connectivity index (χ2n) is 3.81. The number of esters is 1. The molecule has 20 heavy (non-hydrogen) atoms. The second kappa shape index (κ2) is 6.40. The summed E-state index contributed by atoms with van der Waals surface area (Å²) in [4.78, 5) is 15.2. The third-order valence-corrected chi connectivity index (χ3v) is 3.24. The fraction of sp³-hybridized carbons (Fsp3) is 0.167. The molecular weight excluding hydrogens is 296 g/mol. The van der Waals surface area contributed by atoms with Crippen LogP contribution in [0.15, 0.2) is 24.3 Å². The third-order valence-electron chi connectivity index (χ3n) is 2.41. The summed E-state index contributed by atoms with van der Waals surface area (Å²) in [5, 5.41) is 6.74. The Balaban J connectivity index is 2.00. The van der Waals surface area contributed by atoms with Crippen LogP contribution in [0.2, 0.25) is 0 Å². The molecule has 8 heteroatoms. The monoisotopic (exact) mass is 308 g/mol. The lowest BCUT2D eigenvalue weighted by atomic mass is 10.2. The number of anilines is 2. The van der Waals surface area contributed by atoms with Gasteiger partial charge in [0.2, 0.25) is 5.13 Å². The highest BCUT2D eigenvalue weighted by Crippen LogP contribution is 2.15. The molecule has 0 saturated carbocycles. The van der Waals surface area contributed by atoms with Gasteiger partial charge in [-0.05, 0) is 30.8 Å². The summed E-state index contributed by atoms with van der Waals surface area (Å²) in [7, 11) is 1.28. The Morgan fingerprint density at radius 3 is 2.80 bits per heavy atom. The van der Waals surface area contributed by atoms with Gasteiger partial charge < -0.3 is 15.4 Å². The minimum atomic E-state index is -0.577. The zero-order chi connectivity index (χ0) is 14.5. The Morgan fingerprint density at radius 2 is 2.10 bits per heavy atom. The Hall–Kier alpha value is -2.06. The summed E-state index contributed by atoms with van der Waals surface area (Å²) in [6.07, 6.45) is 0. The fourth-order valence-corrected chi connectivity index (χ4v) is 2.25. The maximum Gasteiger partial charge on any atom is 0.377 e. The first-order chi connectivity index (χ1) is 9.60. The molecule has 0 spiro atoms. The van der Waals surface area contributed by atoms with E-state index in [2.05, 4.69) is 24.7 Å². The molecule has 0 bridgehead atoms. The highest BCUT2D eigenvalue weighted by molar-refractivity contribution is 7.80. The van der Waals surface area contributed by atoms with Crippen molar-refractivity contribution in [1.29, 1.82) is 0 Å². The molecular formula is C12H12N4O2S2. The van der Waals surface area contributed by atoms with Crippen molar-refractivity contribution in [3.63, 3.8) is 0 Å².